The van der Waals surface area contributed by atoms with Gasteiger partial charge >= 0.3 is 0 Å². The molecular formula is C18H28Cl2N2O4S2. The van der Waals surface area contributed by atoms with E-state index in [4.69, 9.17) is 27.9 Å². The fraction of sp³-hybridized carbons (Fsp3) is 0.611. The predicted octanol–water partition coefficient (Wildman–Crippen LogP) is 3.57. The van der Waals surface area contributed by atoms with Gasteiger partial charge < -0.3 is 10.1 Å². The Labute approximate surface area is 182 Å². The van der Waals surface area contributed by atoms with Crippen molar-refractivity contribution in [1.29, 1.82) is 0 Å². The van der Waals surface area contributed by atoms with Crippen LogP contribution in [0.25, 0.3) is 0 Å². The van der Waals surface area contributed by atoms with E-state index < -0.39 is 16.1 Å². The van der Waals surface area contributed by atoms with Gasteiger partial charge in [-0.2, -0.15) is 16.5 Å². The fourth-order valence-electron chi connectivity index (χ4n) is 2.24. The monoisotopic (exact) mass is 470 g/mol. The quantitative estimate of drug-likeness (QED) is 0.430. The van der Waals surface area contributed by atoms with E-state index in [1.165, 1.54) is 30.0 Å². The number of rotatable bonds is 13. The van der Waals surface area contributed by atoms with Crippen LogP contribution < -0.4 is 10.0 Å². The van der Waals surface area contributed by atoms with E-state index in [0.29, 0.717) is 44.3 Å². The molecule has 0 aliphatic heterocycles. The van der Waals surface area contributed by atoms with Gasteiger partial charge in [-0.15, -0.1) is 0 Å². The van der Waals surface area contributed by atoms with Crippen LogP contribution in [0.4, 0.5) is 0 Å². The Kier molecular flexibility index (Phi) is 11.8. The zero-order valence-electron chi connectivity index (χ0n) is 16.3. The third-order valence-electron chi connectivity index (χ3n) is 3.62. The molecule has 0 saturated carbocycles. The van der Waals surface area contributed by atoms with E-state index >= 15 is 0 Å². The molecule has 10 heteroatoms. The van der Waals surface area contributed by atoms with Crippen molar-refractivity contribution in [3.05, 3.63) is 28.2 Å². The molecule has 0 aromatic heterocycles. The van der Waals surface area contributed by atoms with Crippen molar-refractivity contribution in [3.8, 4) is 0 Å². The first kappa shape index (κ1) is 25.5. The van der Waals surface area contributed by atoms with Crippen molar-refractivity contribution in [3.63, 3.8) is 0 Å². The molecule has 6 nitrogen and oxygen atoms in total. The number of hydrogen-bond acceptors (Lipinski definition) is 5. The number of carbonyl (C=O) groups excluding carboxylic acids is 1. The molecule has 0 spiro atoms. The van der Waals surface area contributed by atoms with E-state index in [9.17, 15) is 13.2 Å². The summed E-state index contributed by atoms with van der Waals surface area (Å²) in [6.07, 6.45) is 2.90. The summed E-state index contributed by atoms with van der Waals surface area (Å²) in [5, 5.41) is 3.06. The molecule has 0 fully saturated rings. The van der Waals surface area contributed by atoms with Gasteiger partial charge in [-0.25, -0.2) is 8.42 Å². The fourth-order valence-corrected chi connectivity index (χ4v) is 4.70. The molecule has 28 heavy (non-hydrogen) atoms. The van der Waals surface area contributed by atoms with Gasteiger partial charge in [0.15, 0.2) is 0 Å². The van der Waals surface area contributed by atoms with Gasteiger partial charge in [0.05, 0.1) is 5.02 Å². The van der Waals surface area contributed by atoms with Crippen LogP contribution in [-0.4, -0.2) is 52.1 Å². The average Bonchev–Trinajstić information content (AvgIpc) is 2.62. The Bertz CT molecular complexity index is 730. The molecule has 1 rings (SSSR count). The van der Waals surface area contributed by atoms with Crippen LogP contribution in [-0.2, 0) is 19.6 Å². The Morgan fingerprint density at radius 1 is 1.29 bits per heavy atom. The second kappa shape index (κ2) is 12.9. The van der Waals surface area contributed by atoms with E-state index in [1.807, 2.05) is 6.26 Å². The topological polar surface area (TPSA) is 84.5 Å². The minimum absolute atomic E-state index is 0.0447. The Hall–Kier alpha value is -0.510. The lowest BCUT2D eigenvalue weighted by Crippen LogP contribution is -2.47. The summed E-state index contributed by atoms with van der Waals surface area (Å²) in [5.41, 5.74) is 0. The van der Waals surface area contributed by atoms with Gasteiger partial charge in [0.2, 0.25) is 15.9 Å². The van der Waals surface area contributed by atoms with Crippen molar-refractivity contribution in [1.82, 2.24) is 10.0 Å². The number of amides is 1. The Morgan fingerprint density at radius 2 is 2.00 bits per heavy atom. The van der Waals surface area contributed by atoms with Crippen molar-refractivity contribution < 1.29 is 17.9 Å². The van der Waals surface area contributed by atoms with Gasteiger partial charge in [-0.05, 0) is 49.0 Å². The normalized spacial score (nSPS) is 12.9. The molecule has 160 valence electrons. The molecule has 1 aromatic carbocycles. The summed E-state index contributed by atoms with van der Waals surface area (Å²) in [6, 6.07) is 3.28. The van der Waals surface area contributed by atoms with Gasteiger partial charge in [-0.3, -0.25) is 4.79 Å². The lowest BCUT2D eigenvalue weighted by molar-refractivity contribution is -0.122. The van der Waals surface area contributed by atoms with E-state index in [2.05, 4.69) is 23.9 Å². The summed E-state index contributed by atoms with van der Waals surface area (Å²) in [4.78, 5) is 12.4. The number of nitrogens with one attached hydrogen (secondary N) is 2. The molecule has 2 N–H and O–H groups in total. The number of thioether (sulfide) groups is 1. The number of halogens is 2. The van der Waals surface area contributed by atoms with Crippen LogP contribution >= 0.6 is 35.0 Å². The SMILES string of the molecule is CSCCC(NS(=O)(=O)c1cc(Cl)ccc1Cl)C(=O)NCCCOCC(C)C. The van der Waals surface area contributed by atoms with Crippen molar-refractivity contribution in [2.24, 2.45) is 5.92 Å². The summed E-state index contributed by atoms with van der Waals surface area (Å²) >= 11 is 13.4. The zero-order valence-corrected chi connectivity index (χ0v) is 19.5. The second-order valence-electron chi connectivity index (χ2n) is 6.64. The standard InChI is InChI=1S/C18H28Cl2N2O4S2/c1-13(2)12-26-9-4-8-21-18(23)16(7-10-27-3)22-28(24,25)17-11-14(19)5-6-15(17)20/h5-6,11,13,16,22H,4,7-10,12H2,1-3H3,(H,21,23). The molecule has 1 atom stereocenters. The zero-order chi connectivity index (χ0) is 21.2. The highest BCUT2D eigenvalue weighted by Crippen LogP contribution is 2.25. The predicted molar refractivity (Wildman–Crippen MR) is 117 cm³/mol. The minimum atomic E-state index is -4.00. The third kappa shape index (κ3) is 9.33. The first-order chi connectivity index (χ1) is 13.2. The van der Waals surface area contributed by atoms with Crippen molar-refractivity contribution >= 4 is 50.9 Å². The van der Waals surface area contributed by atoms with Crippen LogP contribution in [0.3, 0.4) is 0 Å². The highest BCUT2D eigenvalue weighted by Gasteiger charge is 2.27. The lowest BCUT2D eigenvalue weighted by Gasteiger charge is -2.19. The number of benzene rings is 1. The number of ether oxygens (including phenoxy) is 1. The maximum atomic E-state index is 12.7. The molecule has 1 unspecified atom stereocenters. The van der Waals surface area contributed by atoms with Crippen molar-refractivity contribution in [2.75, 3.05) is 31.8 Å². The van der Waals surface area contributed by atoms with E-state index in [1.54, 1.807) is 0 Å². The molecule has 0 radical (unpaired) electrons. The Morgan fingerprint density at radius 3 is 2.64 bits per heavy atom. The number of sulfonamides is 1. The van der Waals surface area contributed by atoms with Crippen LogP contribution in [0.2, 0.25) is 10.0 Å². The second-order valence-corrected chi connectivity index (χ2v) is 10.2. The van der Waals surface area contributed by atoms with Gasteiger partial charge in [0.1, 0.15) is 10.9 Å². The van der Waals surface area contributed by atoms with Gasteiger partial charge in [0.25, 0.3) is 0 Å². The average molecular weight is 471 g/mol. The molecular weight excluding hydrogens is 443 g/mol. The smallest absolute Gasteiger partial charge is 0.242 e. The molecule has 0 heterocycles. The first-order valence-electron chi connectivity index (χ1n) is 8.99. The van der Waals surface area contributed by atoms with Crippen LogP contribution in [0.15, 0.2) is 23.1 Å². The number of hydrogen-bond donors (Lipinski definition) is 2. The minimum Gasteiger partial charge on any atom is -0.381 e. The van der Waals surface area contributed by atoms with Crippen LogP contribution in [0, 0.1) is 5.92 Å². The molecule has 0 bridgehead atoms. The van der Waals surface area contributed by atoms with E-state index in [-0.39, 0.29) is 20.8 Å². The lowest BCUT2D eigenvalue weighted by atomic mass is 10.2. The summed E-state index contributed by atoms with van der Waals surface area (Å²) in [6.45, 7) is 5.75. The van der Waals surface area contributed by atoms with E-state index in [0.717, 1.165) is 0 Å². The summed E-state index contributed by atoms with van der Waals surface area (Å²) in [5.74, 6) is 0.708. The number of carbonyl (C=O) groups is 1. The molecule has 0 aliphatic carbocycles. The largest absolute Gasteiger partial charge is 0.381 e. The maximum absolute atomic E-state index is 12.7. The summed E-state index contributed by atoms with van der Waals surface area (Å²) < 4.78 is 33.3. The van der Waals surface area contributed by atoms with Crippen molar-refractivity contribution in [2.45, 2.75) is 37.6 Å². The molecule has 1 amide bonds. The van der Waals surface area contributed by atoms with Crippen LogP contribution in [0.1, 0.15) is 26.7 Å². The van der Waals surface area contributed by atoms with Crippen LogP contribution in [0.5, 0.6) is 0 Å². The maximum Gasteiger partial charge on any atom is 0.242 e. The molecule has 1 aromatic rings. The Balaban J connectivity index is 2.70. The van der Waals surface area contributed by atoms with Gasteiger partial charge in [-0.1, -0.05) is 37.0 Å². The molecule has 0 saturated heterocycles. The summed E-state index contributed by atoms with van der Waals surface area (Å²) in [7, 11) is -4.00. The third-order valence-corrected chi connectivity index (χ3v) is 6.46. The highest BCUT2D eigenvalue weighted by atomic mass is 35.5. The first-order valence-corrected chi connectivity index (χ1v) is 12.6. The van der Waals surface area contributed by atoms with Gasteiger partial charge in [0, 0.05) is 24.8 Å². The highest BCUT2D eigenvalue weighted by molar-refractivity contribution is 7.98. The molecule has 0 aliphatic rings.